The number of amides is 1. The van der Waals surface area contributed by atoms with Gasteiger partial charge < -0.3 is 5.32 Å². The lowest BCUT2D eigenvalue weighted by molar-refractivity contribution is -0.123. The average Bonchev–Trinajstić information content (AvgIpc) is 2.54. The molecule has 1 unspecified atom stereocenters. The Bertz CT molecular complexity index is 834. The van der Waals surface area contributed by atoms with Gasteiger partial charge in [0.25, 0.3) is 0 Å². The molecule has 0 spiro atoms. The van der Waals surface area contributed by atoms with Crippen LogP contribution in [-0.4, -0.2) is 32.2 Å². The van der Waals surface area contributed by atoms with Gasteiger partial charge in [-0.05, 0) is 44.9 Å². The van der Waals surface area contributed by atoms with Gasteiger partial charge in [-0.3, -0.25) is 9.10 Å². The van der Waals surface area contributed by atoms with Crippen LogP contribution in [0.1, 0.15) is 26.3 Å². The van der Waals surface area contributed by atoms with Crippen LogP contribution in [0.25, 0.3) is 0 Å². The third-order valence-corrected chi connectivity index (χ3v) is 5.29. The van der Waals surface area contributed by atoms with Gasteiger partial charge in [-0.25, -0.2) is 8.42 Å². The van der Waals surface area contributed by atoms with Gasteiger partial charge in [0.2, 0.25) is 15.9 Å². The lowest BCUT2D eigenvalue weighted by Gasteiger charge is -2.32. The lowest BCUT2D eigenvalue weighted by atomic mass is 9.94. The van der Waals surface area contributed by atoms with Gasteiger partial charge in [0, 0.05) is 5.54 Å². The smallest absolute Gasteiger partial charge is 0.244 e. The molecule has 0 heterocycles. The summed E-state index contributed by atoms with van der Waals surface area (Å²) in [7, 11) is -3.60. The van der Waals surface area contributed by atoms with E-state index in [1.807, 2.05) is 44.2 Å². The van der Waals surface area contributed by atoms with Crippen molar-refractivity contribution in [2.75, 3.05) is 10.6 Å². The van der Waals surface area contributed by atoms with Gasteiger partial charge in [-0.1, -0.05) is 48.5 Å². The highest BCUT2D eigenvalue weighted by atomic mass is 32.2. The molecular weight excluding hydrogens is 348 g/mol. The zero-order valence-corrected chi connectivity index (χ0v) is 16.5. The van der Waals surface area contributed by atoms with Crippen LogP contribution < -0.4 is 9.62 Å². The van der Waals surface area contributed by atoms with E-state index < -0.39 is 21.6 Å². The van der Waals surface area contributed by atoms with Crippen molar-refractivity contribution >= 4 is 21.6 Å². The Balaban J connectivity index is 2.18. The summed E-state index contributed by atoms with van der Waals surface area (Å²) < 4.78 is 25.7. The SMILES string of the molecule is CC(C(=O)NC(C)(C)Cc1ccccc1)N(c1ccccc1)S(C)(=O)=O. The molecule has 0 saturated carbocycles. The number of rotatable bonds is 7. The van der Waals surface area contributed by atoms with Crippen molar-refractivity contribution in [2.45, 2.75) is 38.8 Å². The Morgan fingerprint density at radius 3 is 2.04 bits per heavy atom. The summed E-state index contributed by atoms with van der Waals surface area (Å²) in [6.07, 6.45) is 1.76. The summed E-state index contributed by atoms with van der Waals surface area (Å²) in [5.41, 5.74) is 1.07. The maximum Gasteiger partial charge on any atom is 0.244 e. The predicted molar refractivity (Wildman–Crippen MR) is 106 cm³/mol. The van der Waals surface area contributed by atoms with Gasteiger partial charge in [-0.15, -0.1) is 0 Å². The fourth-order valence-corrected chi connectivity index (χ4v) is 4.15. The van der Waals surface area contributed by atoms with E-state index in [1.165, 1.54) is 0 Å². The fraction of sp³-hybridized carbons (Fsp3) is 0.350. The van der Waals surface area contributed by atoms with Crippen LogP contribution in [0.2, 0.25) is 0 Å². The van der Waals surface area contributed by atoms with E-state index in [0.29, 0.717) is 12.1 Å². The van der Waals surface area contributed by atoms with E-state index >= 15 is 0 Å². The van der Waals surface area contributed by atoms with Crippen LogP contribution in [0, 0.1) is 0 Å². The molecule has 1 N–H and O–H groups in total. The molecule has 2 aromatic rings. The number of sulfonamides is 1. The van der Waals surface area contributed by atoms with E-state index in [0.717, 1.165) is 16.1 Å². The summed E-state index contributed by atoms with van der Waals surface area (Å²) in [6.45, 7) is 5.46. The number of para-hydroxylation sites is 1. The Hall–Kier alpha value is -2.34. The molecule has 2 aromatic carbocycles. The zero-order chi connectivity index (χ0) is 19.4. The lowest BCUT2D eigenvalue weighted by Crippen LogP contribution is -2.54. The van der Waals surface area contributed by atoms with Crippen molar-refractivity contribution in [3.8, 4) is 0 Å². The minimum absolute atomic E-state index is 0.333. The van der Waals surface area contributed by atoms with Crippen molar-refractivity contribution in [2.24, 2.45) is 0 Å². The zero-order valence-electron chi connectivity index (χ0n) is 15.6. The molecule has 0 aliphatic heterocycles. The highest BCUT2D eigenvalue weighted by Gasteiger charge is 2.32. The minimum Gasteiger partial charge on any atom is -0.349 e. The number of hydrogen-bond acceptors (Lipinski definition) is 3. The summed E-state index contributed by atoms with van der Waals surface area (Å²) in [5, 5.41) is 2.98. The van der Waals surface area contributed by atoms with Gasteiger partial charge in [0.1, 0.15) is 6.04 Å². The first kappa shape index (κ1) is 20.0. The fourth-order valence-electron chi connectivity index (χ4n) is 2.97. The Labute approximate surface area is 156 Å². The molecule has 5 nitrogen and oxygen atoms in total. The number of hydrogen-bond donors (Lipinski definition) is 1. The predicted octanol–water partition coefficient (Wildman–Crippen LogP) is 2.98. The van der Waals surface area contributed by atoms with Gasteiger partial charge in [-0.2, -0.15) is 0 Å². The molecule has 0 aromatic heterocycles. The largest absolute Gasteiger partial charge is 0.349 e. The maximum atomic E-state index is 12.8. The molecule has 1 atom stereocenters. The molecule has 0 aliphatic rings. The first-order valence-corrected chi connectivity index (χ1v) is 10.4. The topological polar surface area (TPSA) is 66.5 Å². The van der Waals surface area contributed by atoms with Gasteiger partial charge in [0.05, 0.1) is 11.9 Å². The summed E-state index contributed by atoms with van der Waals surface area (Å²) in [6, 6.07) is 17.7. The second-order valence-electron chi connectivity index (χ2n) is 7.11. The molecule has 0 fully saturated rings. The van der Waals surface area contributed by atoms with Gasteiger partial charge in [0.15, 0.2) is 0 Å². The van der Waals surface area contributed by atoms with Gasteiger partial charge >= 0.3 is 0 Å². The number of benzene rings is 2. The van der Waals surface area contributed by atoms with Crippen molar-refractivity contribution < 1.29 is 13.2 Å². The molecule has 0 radical (unpaired) electrons. The normalized spacial score (nSPS) is 13.1. The quantitative estimate of drug-likeness (QED) is 0.810. The van der Waals surface area contributed by atoms with Crippen LogP contribution in [0.5, 0.6) is 0 Å². The van der Waals surface area contributed by atoms with E-state index in [2.05, 4.69) is 5.32 Å². The number of carbonyl (C=O) groups excluding carboxylic acids is 1. The molecule has 0 bridgehead atoms. The van der Waals surface area contributed by atoms with Crippen LogP contribution in [-0.2, 0) is 21.2 Å². The van der Waals surface area contributed by atoms with Crippen molar-refractivity contribution in [1.82, 2.24) is 5.32 Å². The standard InChI is InChI=1S/C20H26N2O3S/c1-16(22(26(4,24)25)18-13-9-6-10-14-18)19(23)21-20(2,3)15-17-11-7-5-8-12-17/h5-14,16H,15H2,1-4H3,(H,21,23). The summed E-state index contributed by atoms with van der Waals surface area (Å²) in [4.78, 5) is 12.8. The third kappa shape index (κ3) is 5.33. The minimum atomic E-state index is -3.60. The Kier molecular flexibility index (Phi) is 6.08. The second-order valence-corrected chi connectivity index (χ2v) is 8.97. The molecule has 26 heavy (non-hydrogen) atoms. The van der Waals surface area contributed by atoms with Crippen molar-refractivity contribution in [1.29, 1.82) is 0 Å². The highest BCUT2D eigenvalue weighted by molar-refractivity contribution is 7.92. The van der Waals surface area contributed by atoms with Crippen LogP contribution >= 0.6 is 0 Å². The number of anilines is 1. The monoisotopic (exact) mass is 374 g/mol. The first-order chi connectivity index (χ1) is 12.1. The third-order valence-electron chi connectivity index (χ3n) is 4.05. The number of nitrogens with one attached hydrogen (secondary N) is 1. The van der Waals surface area contributed by atoms with Crippen LogP contribution in [0.3, 0.4) is 0 Å². The molecule has 1 amide bonds. The van der Waals surface area contributed by atoms with E-state index in [-0.39, 0.29) is 5.91 Å². The van der Waals surface area contributed by atoms with E-state index in [1.54, 1.807) is 37.3 Å². The molecule has 0 saturated heterocycles. The number of carbonyl (C=O) groups is 1. The Morgan fingerprint density at radius 1 is 1.04 bits per heavy atom. The molecular formula is C20H26N2O3S. The molecule has 6 heteroatoms. The maximum absolute atomic E-state index is 12.8. The van der Waals surface area contributed by atoms with E-state index in [9.17, 15) is 13.2 Å². The molecule has 140 valence electrons. The highest BCUT2D eigenvalue weighted by Crippen LogP contribution is 2.21. The second kappa shape index (κ2) is 7.91. The van der Waals surface area contributed by atoms with Crippen molar-refractivity contribution in [3.05, 3.63) is 66.2 Å². The van der Waals surface area contributed by atoms with E-state index in [4.69, 9.17) is 0 Å². The summed E-state index contributed by atoms with van der Waals surface area (Å²) >= 11 is 0. The average molecular weight is 375 g/mol. The first-order valence-electron chi connectivity index (χ1n) is 8.50. The summed E-state index contributed by atoms with van der Waals surface area (Å²) in [5.74, 6) is -0.333. The number of nitrogens with zero attached hydrogens (tertiary/aromatic N) is 1. The molecule has 2 rings (SSSR count). The van der Waals surface area contributed by atoms with Crippen molar-refractivity contribution in [3.63, 3.8) is 0 Å². The molecule has 0 aliphatic carbocycles. The van der Waals surface area contributed by atoms with Crippen LogP contribution in [0.4, 0.5) is 5.69 Å². The Morgan fingerprint density at radius 2 is 1.54 bits per heavy atom. The van der Waals surface area contributed by atoms with Crippen LogP contribution in [0.15, 0.2) is 60.7 Å².